The number of aryl methyl sites for hydroxylation is 2. The van der Waals surface area contributed by atoms with E-state index in [0.29, 0.717) is 5.82 Å². The van der Waals surface area contributed by atoms with Crippen LogP contribution in [0.2, 0.25) is 0 Å². The molecule has 1 unspecified atom stereocenters. The maximum atomic E-state index is 6.02. The fraction of sp³-hybridized carbons (Fsp3) is 0.292. The molecule has 1 atom stereocenters. The van der Waals surface area contributed by atoms with Gasteiger partial charge >= 0.3 is 0 Å². The largest absolute Gasteiger partial charge is 0.358 e. The molecule has 5 heteroatoms. The molecule has 0 bridgehead atoms. The first kappa shape index (κ1) is 18.0. The van der Waals surface area contributed by atoms with E-state index in [2.05, 4.69) is 66.9 Å². The molecule has 2 aromatic heterocycles. The van der Waals surface area contributed by atoms with Crippen molar-refractivity contribution in [2.24, 2.45) is 0 Å². The van der Waals surface area contributed by atoms with Crippen LogP contribution in [0.1, 0.15) is 36.6 Å². The number of benzene rings is 2. The highest BCUT2D eigenvalue weighted by atomic mass is 16.5. The SMILES string of the molecule is Cc1ccc(-c2nc(-c3ccc(C)cc3)c3ncn(C4CCCCO4)c3n2)cc1. The molecular formula is C24H24N4O. The molecule has 0 aliphatic carbocycles. The third-order valence-corrected chi connectivity index (χ3v) is 5.52. The lowest BCUT2D eigenvalue weighted by molar-refractivity contribution is -0.0298. The van der Waals surface area contributed by atoms with E-state index in [1.807, 2.05) is 6.33 Å². The zero-order valence-electron chi connectivity index (χ0n) is 16.8. The van der Waals surface area contributed by atoms with Gasteiger partial charge < -0.3 is 4.74 Å². The van der Waals surface area contributed by atoms with Crippen molar-refractivity contribution in [3.05, 3.63) is 66.0 Å². The highest BCUT2D eigenvalue weighted by Gasteiger charge is 2.22. The quantitative estimate of drug-likeness (QED) is 0.469. The van der Waals surface area contributed by atoms with E-state index in [-0.39, 0.29) is 6.23 Å². The molecular weight excluding hydrogens is 360 g/mol. The van der Waals surface area contributed by atoms with Gasteiger partial charge in [0.05, 0.1) is 6.33 Å². The molecule has 1 saturated heterocycles. The number of fused-ring (bicyclic) bond motifs is 1. The number of hydrogen-bond acceptors (Lipinski definition) is 4. The second-order valence-corrected chi connectivity index (χ2v) is 7.77. The van der Waals surface area contributed by atoms with Crippen LogP contribution in [0.4, 0.5) is 0 Å². The molecule has 0 radical (unpaired) electrons. The van der Waals surface area contributed by atoms with E-state index in [1.165, 1.54) is 11.1 Å². The van der Waals surface area contributed by atoms with Crippen LogP contribution >= 0.6 is 0 Å². The van der Waals surface area contributed by atoms with Gasteiger partial charge in [0.1, 0.15) is 17.4 Å². The van der Waals surface area contributed by atoms with Gasteiger partial charge in [0.2, 0.25) is 0 Å². The highest BCUT2D eigenvalue weighted by molar-refractivity contribution is 5.89. The smallest absolute Gasteiger partial charge is 0.166 e. The van der Waals surface area contributed by atoms with Crippen molar-refractivity contribution in [2.75, 3.05) is 6.61 Å². The van der Waals surface area contributed by atoms with Gasteiger partial charge in [-0.15, -0.1) is 0 Å². The summed E-state index contributed by atoms with van der Waals surface area (Å²) in [6.45, 7) is 4.96. The summed E-state index contributed by atoms with van der Waals surface area (Å²) in [5.41, 5.74) is 7.00. The summed E-state index contributed by atoms with van der Waals surface area (Å²) in [6, 6.07) is 16.8. The van der Waals surface area contributed by atoms with Crippen LogP contribution in [0, 0.1) is 13.8 Å². The summed E-state index contributed by atoms with van der Waals surface area (Å²) in [4.78, 5) is 14.6. The van der Waals surface area contributed by atoms with Gasteiger partial charge in [0, 0.05) is 17.7 Å². The third kappa shape index (κ3) is 3.42. The highest BCUT2D eigenvalue weighted by Crippen LogP contribution is 2.32. The summed E-state index contributed by atoms with van der Waals surface area (Å²) in [6.07, 6.45) is 5.09. The second-order valence-electron chi connectivity index (χ2n) is 7.77. The number of hydrogen-bond donors (Lipinski definition) is 0. The fourth-order valence-electron chi connectivity index (χ4n) is 3.81. The van der Waals surface area contributed by atoms with Crippen LogP contribution in [0.3, 0.4) is 0 Å². The minimum atomic E-state index is -0.0135. The number of nitrogens with zero attached hydrogens (tertiary/aromatic N) is 4. The van der Waals surface area contributed by atoms with Crippen molar-refractivity contribution in [3.8, 4) is 22.6 Å². The molecule has 0 spiro atoms. The van der Waals surface area contributed by atoms with Gasteiger partial charge in [0.15, 0.2) is 11.5 Å². The Morgan fingerprint density at radius 3 is 2.21 bits per heavy atom. The van der Waals surface area contributed by atoms with Crippen molar-refractivity contribution < 1.29 is 4.74 Å². The van der Waals surface area contributed by atoms with Crippen LogP contribution in [-0.4, -0.2) is 26.1 Å². The minimum absolute atomic E-state index is 0.0135. The molecule has 0 saturated carbocycles. The lowest BCUT2D eigenvalue weighted by Gasteiger charge is -2.23. The van der Waals surface area contributed by atoms with Crippen LogP contribution in [-0.2, 0) is 4.74 Å². The molecule has 4 aromatic rings. The topological polar surface area (TPSA) is 52.8 Å². The summed E-state index contributed by atoms with van der Waals surface area (Å²) in [7, 11) is 0. The minimum Gasteiger partial charge on any atom is -0.358 e. The predicted molar refractivity (Wildman–Crippen MR) is 115 cm³/mol. The Balaban J connectivity index is 1.72. The van der Waals surface area contributed by atoms with Crippen LogP contribution in [0.5, 0.6) is 0 Å². The van der Waals surface area contributed by atoms with E-state index < -0.39 is 0 Å². The van der Waals surface area contributed by atoms with Gasteiger partial charge in [-0.2, -0.15) is 0 Å². The van der Waals surface area contributed by atoms with Crippen molar-refractivity contribution in [1.29, 1.82) is 0 Å². The van der Waals surface area contributed by atoms with Crippen molar-refractivity contribution >= 4 is 11.2 Å². The Morgan fingerprint density at radius 2 is 1.55 bits per heavy atom. The Kier molecular flexibility index (Phi) is 4.60. The van der Waals surface area contributed by atoms with E-state index in [9.17, 15) is 0 Å². The van der Waals surface area contributed by atoms with Gasteiger partial charge in [-0.1, -0.05) is 59.7 Å². The number of imidazole rings is 1. The lowest BCUT2D eigenvalue weighted by atomic mass is 10.1. The molecule has 1 fully saturated rings. The van der Waals surface area contributed by atoms with Crippen molar-refractivity contribution in [1.82, 2.24) is 19.5 Å². The maximum Gasteiger partial charge on any atom is 0.166 e. The monoisotopic (exact) mass is 384 g/mol. The van der Waals surface area contributed by atoms with Gasteiger partial charge in [0.25, 0.3) is 0 Å². The second kappa shape index (κ2) is 7.41. The zero-order valence-corrected chi connectivity index (χ0v) is 16.8. The Labute approximate surface area is 170 Å². The molecule has 5 nitrogen and oxygen atoms in total. The Bertz CT molecular complexity index is 1140. The summed E-state index contributed by atoms with van der Waals surface area (Å²) in [5, 5.41) is 0. The first-order chi connectivity index (χ1) is 14.2. The molecule has 29 heavy (non-hydrogen) atoms. The van der Waals surface area contributed by atoms with E-state index >= 15 is 0 Å². The molecule has 146 valence electrons. The zero-order chi connectivity index (χ0) is 19.8. The number of aromatic nitrogens is 4. The predicted octanol–water partition coefficient (Wildman–Crippen LogP) is 5.48. The van der Waals surface area contributed by atoms with Crippen molar-refractivity contribution in [3.63, 3.8) is 0 Å². The summed E-state index contributed by atoms with van der Waals surface area (Å²) >= 11 is 0. The first-order valence-corrected chi connectivity index (χ1v) is 10.2. The average Bonchev–Trinajstić information content (AvgIpc) is 3.19. The average molecular weight is 384 g/mol. The van der Waals surface area contributed by atoms with E-state index in [0.717, 1.165) is 53.9 Å². The lowest BCUT2D eigenvalue weighted by Crippen LogP contribution is -2.17. The third-order valence-electron chi connectivity index (χ3n) is 5.52. The Hall–Kier alpha value is -3.05. The van der Waals surface area contributed by atoms with Crippen LogP contribution < -0.4 is 0 Å². The molecule has 5 rings (SSSR count). The summed E-state index contributed by atoms with van der Waals surface area (Å²) < 4.78 is 8.09. The van der Waals surface area contributed by atoms with E-state index in [1.54, 1.807) is 0 Å². The van der Waals surface area contributed by atoms with Gasteiger partial charge in [-0.05, 0) is 33.1 Å². The van der Waals surface area contributed by atoms with E-state index in [4.69, 9.17) is 19.7 Å². The number of ether oxygens (including phenoxy) is 1. The molecule has 1 aliphatic heterocycles. The molecule has 0 amide bonds. The maximum absolute atomic E-state index is 6.02. The number of rotatable bonds is 3. The van der Waals surface area contributed by atoms with Crippen molar-refractivity contribution in [2.45, 2.75) is 39.3 Å². The normalized spacial score (nSPS) is 17.0. The molecule has 0 N–H and O–H groups in total. The molecule has 1 aliphatic rings. The molecule has 3 heterocycles. The van der Waals surface area contributed by atoms with Crippen LogP contribution in [0.15, 0.2) is 54.9 Å². The van der Waals surface area contributed by atoms with Gasteiger partial charge in [-0.25, -0.2) is 15.0 Å². The Morgan fingerprint density at radius 1 is 0.862 bits per heavy atom. The molecule has 2 aromatic carbocycles. The fourth-order valence-corrected chi connectivity index (χ4v) is 3.81. The first-order valence-electron chi connectivity index (χ1n) is 10.2. The van der Waals surface area contributed by atoms with Gasteiger partial charge in [-0.3, -0.25) is 4.57 Å². The standard InChI is InChI=1S/C24H24N4O/c1-16-6-10-18(11-7-16)21-22-24(28(15-25-22)20-5-3-4-14-29-20)27-23(26-21)19-12-8-17(2)9-13-19/h6-13,15,20H,3-5,14H2,1-2H3. The summed E-state index contributed by atoms with van der Waals surface area (Å²) in [5.74, 6) is 0.714. The van der Waals surface area contributed by atoms with Crippen LogP contribution in [0.25, 0.3) is 33.8 Å².